The van der Waals surface area contributed by atoms with Crippen molar-refractivity contribution in [2.75, 3.05) is 13.1 Å². The van der Waals surface area contributed by atoms with Gasteiger partial charge in [0.25, 0.3) is 0 Å². The Bertz CT molecular complexity index is 614. The van der Waals surface area contributed by atoms with Crippen molar-refractivity contribution >= 4 is 0 Å². The molecular formula is C18H19NO2. The fraction of sp³-hybridized carbons (Fsp3) is 0.333. The lowest BCUT2D eigenvalue weighted by Crippen LogP contribution is -2.53. The van der Waals surface area contributed by atoms with E-state index in [1.54, 1.807) is 0 Å². The molecule has 0 saturated carbocycles. The summed E-state index contributed by atoms with van der Waals surface area (Å²) in [5.41, 5.74) is 1.35. The third-order valence-corrected chi connectivity index (χ3v) is 4.24. The summed E-state index contributed by atoms with van der Waals surface area (Å²) < 4.78 is 12.2. The molecule has 2 aliphatic rings. The number of rotatable bonds is 2. The number of hydrogen-bond donors (Lipinski definition) is 0. The van der Waals surface area contributed by atoms with E-state index in [0.29, 0.717) is 0 Å². The van der Waals surface area contributed by atoms with Gasteiger partial charge >= 0.3 is 0 Å². The molecule has 0 unspecified atom stereocenters. The Hall–Kier alpha value is -2.00. The van der Waals surface area contributed by atoms with Crippen LogP contribution in [0.2, 0.25) is 0 Å². The van der Waals surface area contributed by atoms with Gasteiger partial charge in [0.2, 0.25) is 0 Å². The van der Waals surface area contributed by atoms with Gasteiger partial charge in [0.15, 0.2) is 11.5 Å². The molecule has 0 amide bonds. The van der Waals surface area contributed by atoms with Crippen molar-refractivity contribution in [3.05, 3.63) is 60.2 Å². The first-order valence-corrected chi connectivity index (χ1v) is 7.57. The Morgan fingerprint density at radius 1 is 0.857 bits per heavy atom. The van der Waals surface area contributed by atoms with Crippen LogP contribution in [-0.2, 0) is 6.54 Å². The highest BCUT2D eigenvalue weighted by molar-refractivity contribution is 5.41. The molecule has 2 heterocycles. The molecule has 3 heteroatoms. The first kappa shape index (κ1) is 12.7. The maximum Gasteiger partial charge on any atom is 0.161 e. The summed E-state index contributed by atoms with van der Waals surface area (Å²) in [6, 6.07) is 18.6. The third-order valence-electron chi connectivity index (χ3n) is 4.24. The van der Waals surface area contributed by atoms with E-state index < -0.39 is 0 Å². The predicted octanol–water partition coefficient (Wildman–Crippen LogP) is 3.10. The summed E-state index contributed by atoms with van der Waals surface area (Å²) in [4.78, 5) is 2.45. The van der Waals surface area contributed by atoms with Crippen molar-refractivity contribution in [3.8, 4) is 11.5 Å². The highest BCUT2D eigenvalue weighted by atomic mass is 16.6. The molecule has 2 aromatic carbocycles. The first-order chi connectivity index (χ1) is 10.4. The highest BCUT2D eigenvalue weighted by Gasteiger charge is 2.36. The zero-order valence-electron chi connectivity index (χ0n) is 11.9. The number of ether oxygens (including phenoxy) is 2. The first-order valence-electron chi connectivity index (χ1n) is 7.57. The van der Waals surface area contributed by atoms with Gasteiger partial charge in [-0.15, -0.1) is 0 Å². The monoisotopic (exact) mass is 281 g/mol. The smallest absolute Gasteiger partial charge is 0.161 e. The second-order valence-electron chi connectivity index (χ2n) is 5.77. The zero-order valence-corrected chi connectivity index (χ0v) is 11.9. The number of piperidine rings is 1. The highest BCUT2D eigenvalue weighted by Crippen LogP contribution is 2.36. The molecule has 2 aliphatic heterocycles. The van der Waals surface area contributed by atoms with E-state index in [2.05, 4.69) is 35.2 Å². The molecule has 0 N–H and O–H groups in total. The Morgan fingerprint density at radius 3 is 2.29 bits per heavy atom. The number of fused-ring (bicyclic) bond motifs is 2. The van der Waals surface area contributed by atoms with Crippen LogP contribution >= 0.6 is 0 Å². The summed E-state index contributed by atoms with van der Waals surface area (Å²) in [5, 5.41) is 0. The van der Waals surface area contributed by atoms with E-state index in [9.17, 15) is 0 Å². The van der Waals surface area contributed by atoms with Crippen LogP contribution in [0.5, 0.6) is 11.5 Å². The molecule has 4 rings (SSSR count). The predicted molar refractivity (Wildman–Crippen MR) is 81.6 cm³/mol. The molecule has 0 aliphatic carbocycles. The zero-order chi connectivity index (χ0) is 14.1. The summed E-state index contributed by atoms with van der Waals surface area (Å²) in [6.45, 7) is 2.96. The molecule has 1 saturated heterocycles. The Kier molecular flexibility index (Phi) is 3.28. The molecule has 0 aromatic heterocycles. The lowest BCUT2D eigenvalue weighted by molar-refractivity contribution is -0.0365. The van der Waals surface area contributed by atoms with E-state index in [1.807, 2.05) is 24.3 Å². The van der Waals surface area contributed by atoms with E-state index in [1.165, 1.54) is 5.56 Å². The summed E-state index contributed by atoms with van der Waals surface area (Å²) in [7, 11) is 0. The van der Waals surface area contributed by atoms with Crippen LogP contribution in [0, 0.1) is 0 Å². The van der Waals surface area contributed by atoms with Gasteiger partial charge in [-0.2, -0.15) is 0 Å². The van der Waals surface area contributed by atoms with Gasteiger partial charge in [-0.3, -0.25) is 4.90 Å². The van der Waals surface area contributed by atoms with Gasteiger partial charge in [0.1, 0.15) is 12.2 Å². The number of hydrogen-bond acceptors (Lipinski definition) is 3. The average molecular weight is 281 g/mol. The number of nitrogens with zero attached hydrogens (tertiary/aromatic N) is 1. The van der Waals surface area contributed by atoms with Crippen LogP contribution in [0.4, 0.5) is 0 Å². The minimum absolute atomic E-state index is 0.136. The summed E-state index contributed by atoms with van der Waals surface area (Å²) in [6.07, 6.45) is 1.34. The van der Waals surface area contributed by atoms with Crippen molar-refractivity contribution in [3.63, 3.8) is 0 Å². The second-order valence-corrected chi connectivity index (χ2v) is 5.77. The normalized spacial score (nSPS) is 24.4. The van der Waals surface area contributed by atoms with Gasteiger partial charge in [-0.25, -0.2) is 0 Å². The molecule has 108 valence electrons. The summed E-state index contributed by atoms with van der Waals surface area (Å²) >= 11 is 0. The number of para-hydroxylation sites is 2. The molecule has 2 aromatic rings. The van der Waals surface area contributed by atoms with Gasteiger partial charge in [-0.05, 0) is 17.7 Å². The van der Waals surface area contributed by atoms with Crippen molar-refractivity contribution < 1.29 is 9.47 Å². The Balaban J connectivity index is 1.46. The Labute approximate surface area is 125 Å². The van der Waals surface area contributed by atoms with E-state index in [0.717, 1.165) is 37.6 Å². The number of benzene rings is 2. The molecule has 2 atom stereocenters. The van der Waals surface area contributed by atoms with Gasteiger partial charge in [0.05, 0.1) is 0 Å². The van der Waals surface area contributed by atoms with E-state index in [-0.39, 0.29) is 12.2 Å². The fourth-order valence-electron chi connectivity index (χ4n) is 3.16. The molecule has 1 fully saturated rings. The van der Waals surface area contributed by atoms with Crippen LogP contribution in [-0.4, -0.2) is 30.2 Å². The van der Waals surface area contributed by atoms with Crippen molar-refractivity contribution in [2.45, 2.75) is 25.2 Å². The van der Waals surface area contributed by atoms with Gasteiger partial charge < -0.3 is 9.47 Å². The quantitative estimate of drug-likeness (QED) is 0.844. The molecule has 0 spiro atoms. The number of likely N-dealkylation sites (tertiary alicyclic amines) is 1. The minimum Gasteiger partial charge on any atom is -0.483 e. The maximum absolute atomic E-state index is 6.14. The van der Waals surface area contributed by atoms with Crippen molar-refractivity contribution in [1.82, 2.24) is 4.90 Å². The van der Waals surface area contributed by atoms with Crippen LogP contribution < -0.4 is 9.47 Å². The molecule has 0 radical (unpaired) electrons. The molecule has 3 nitrogen and oxygen atoms in total. The molecular weight excluding hydrogens is 262 g/mol. The third kappa shape index (κ3) is 2.61. The SMILES string of the molecule is c1ccc(CN2CC[C@H]3Oc4ccccc4O[C@@H]3C2)cc1. The lowest BCUT2D eigenvalue weighted by Gasteiger charge is -2.41. The van der Waals surface area contributed by atoms with E-state index >= 15 is 0 Å². The molecule has 0 bridgehead atoms. The van der Waals surface area contributed by atoms with Crippen LogP contribution in [0.25, 0.3) is 0 Å². The van der Waals surface area contributed by atoms with Crippen LogP contribution in [0.15, 0.2) is 54.6 Å². The lowest BCUT2D eigenvalue weighted by atomic mass is 10.0. The molecule has 21 heavy (non-hydrogen) atoms. The Morgan fingerprint density at radius 2 is 1.52 bits per heavy atom. The van der Waals surface area contributed by atoms with E-state index in [4.69, 9.17) is 9.47 Å². The average Bonchev–Trinajstić information content (AvgIpc) is 2.54. The maximum atomic E-state index is 6.14. The second kappa shape index (κ2) is 5.41. The van der Waals surface area contributed by atoms with Crippen LogP contribution in [0.1, 0.15) is 12.0 Å². The van der Waals surface area contributed by atoms with Crippen molar-refractivity contribution in [1.29, 1.82) is 0 Å². The van der Waals surface area contributed by atoms with Gasteiger partial charge in [0, 0.05) is 26.1 Å². The van der Waals surface area contributed by atoms with Gasteiger partial charge in [-0.1, -0.05) is 42.5 Å². The minimum atomic E-state index is 0.136. The summed E-state index contributed by atoms with van der Waals surface area (Å²) in [5.74, 6) is 1.76. The fourth-order valence-corrected chi connectivity index (χ4v) is 3.16. The largest absolute Gasteiger partial charge is 0.483 e. The topological polar surface area (TPSA) is 21.7 Å². The van der Waals surface area contributed by atoms with Crippen LogP contribution in [0.3, 0.4) is 0 Å². The van der Waals surface area contributed by atoms with Crippen molar-refractivity contribution in [2.24, 2.45) is 0 Å². The standard InChI is InChI=1S/C18H19NO2/c1-2-6-14(7-3-1)12-19-11-10-17-18(13-19)21-16-9-5-4-8-15(16)20-17/h1-9,17-18H,10-13H2/t17-,18-/m1/s1.